The Hall–Kier alpha value is -2.86. The minimum absolute atomic E-state index is 0.0296. The molecule has 1 aliphatic rings. The van der Waals surface area contributed by atoms with Crippen molar-refractivity contribution in [3.8, 4) is 0 Å². The Labute approximate surface area is 167 Å². The van der Waals surface area contributed by atoms with E-state index in [0.29, 0.717) is 5.92 Å². The van der Waals surface area contributed by atoms with Crippen molar-refractivity contribution in [1.29, 1.82) is 0 Å². The van der Waals surface area contributed by atoms with Gasteiger partial charge >= 0.3 is 0 Å². The molecule has 0 saturated heterocycles. The standard InChI is InChI=1S/C22H24N4OS/c1-25-16-20(14-24-25)18-8-10-21(11-9-18)28(27)26-13-12-17(15-26)6-7-19-4-2-3-5-22(19)23/h2-8,10,12-16,18,21H,9,11,23H2,1H3/b7-6+. The number of allylic oxidation sites excluding steroid dienone is 1. The van der Waals surface area contributed by atoms with Gasteiger partial charge in [0.2, 0.25) is 0 Å². The van der Waals surface area contributed by atoms with Gasteiger partial charge in [-0.3, -0.25) is 8.65 Å². The highest BCUT2D eigenvalue weighted by Gasteiger charge is 2.23. The van der Waals surface area contributed by atoms with Gasteiger partial charge in [0.1, 0.15) is 11.0 Å². The topological polar surface area (TPSA) is 65.8 Å². The quantitative estimate of drug-likeness (QED) is 0.527. The summed E-state index contributed by atoms with van der Waals surface area (Å²) in [5, 5.41) is 4.27. The van der Waals surface area contributed by atoms with Gasteiger partial charge in [0.05, 0.1) is 11.4 Å². The normalized spacial score (nSPS) is 20.6. The van der Waals surface area contributed by atoms with Crippen molar-refractivity contribution in [2.45, 2.75) is 24.0 Å². The van der Waals surface area contributed by atoms with Gasteiger partial charge in [-0.2, -0.15) is 5.10 Å². The molecule has 4 rings (SSSR count). The fraction of sp³-hybridized carbons (Fsp3) is 0.227. The zero-order chi connectivity index (χ0) is 19.5. The molecule has 3 unspecified atom stereocenters. The monoisotopic (exact) mass is 392 g/mol. The molecule has 1 aromatic carbocycles. The van der Waals surface area contributed by atoms with E-state index in [2.05, 4.69) is 23.4 Å². The van der Waals surface area contributed by atoms with E-state index in [0.717, 1.165) is 29.7 Å². The molecule has 2 aromatic heterocycles. The van der Waals surface area contributed by atoms with Crippen LogP contribution in [-0.4, -0.2) is 23.2 Å². The first-order chi connectivity index (χ1) is 13.6. The summed E-state index contributed by atoms with van der Waals surface area (Å²) in [5.74, 6) is 0.362. The lowest BCUT2D eigenvalue weighted by Crippen LogP contribution is -2.21. The van der Waals surface area contributed by atoms with Gasteiger partial charge in [-0.05, 0) is 41.7 Å². The maximum atomic E-state index is 13.0. The van der Waals surface area contributed by atoms with E-state index in [1.54, 1.807) is 3.97 Å². The van der Waals surface area contributed by atoms with Gasteiger partial charge in [0.25, 0.3) is 0 Å². The Morgan fingerprint density at radius 3 is 2.71 bits per heavy atom. The van der Waals surface area contributed by atoms with Crippen LogP contribution in [0.4, 0.5) is 5.69 Å². The molecule has 2 N–H and O–H groups in total. The van der Waals surface area contributed by atoms with Crippen molar-refractivity contribution >= 4 is 28.8 Å². The minimum Gasteiger partial charge on any atom is -0.398 e. The van der Waals surface area contributed by atoms with E-state index in [1.165, 1.54) is 5.56 Å². The molecule has 0 spiro atoms. The lowest BCUT2D eigenvalue weighted by Gasteiger charge is -2.21. The van der Waals surface area contributed by atoms with E-state index in [1.807, 2.05) is 72.8 Å². The van der Waals surface area contributed by atoms with Crippen molar-refractivity contribution in [2.24, 2.45) is 7.05 Å². The summed E-state index contributed by atoms with van der Waals surface area (Å²) in [4.78, 5) is 0. The largest absolute Gasteiger partial charge is 0.398 e. The van der Waals surface area contributed by atoms with Crippen LogP contribution in [0.1, 0.15) is 35.4 Å². The van der Waals surface area contributed by atoms with E-state index >= 15 is 0 Å². The molecule has 28 heavy (non-hydrogen) atoms. The maximum Gasteiger partial charge on any atom is 0.130 e. The van der Waals surface area contributed by atoms with Gasteiger partial charge in [0, 0.05) is 37.2 Å². The summed E-state index contributed by atoms with van der Waals surface area (Å²) in [6, 6.07) is 9.71. The number of benzene rings is 1. The van der Waals surface area contributed by atoms with Crippen LogP contribution < -0.4 is 5.73 Å². The predicted octanol–water partition coefficient (Wildman–Crippen LogP) is 3.99. The molecular weight excluding hydrogens is 368 g/mol. The van der Waals surface area contributed by atoms with Crippen molar-refractivity contribution in [2.75, 3.05) is 5.73 Å². The number of nitrogens with zero attached hydrogens (tertiary/aromatic N) is 3. The number of nitrogen functional groups attached to an aromatic ring is 1. The SMILES string of the molecule is Cn1cc(C2C=CC(S(=O)n3ccc(/C=C/c4ccccc4N)c3)CC2)cn1. The Balaban J connectivity index is 1.43. The third kappa shape index (κ3) is 4.02. The van der Waals surface area contributed by atoms with Crippen molar-refractivity contribution in [1.82, 2.24) is 13.8 Å². The van der Waals surface area contributed by atoms with Gasteiger partial charge in [-0.1, -0.05) is 42.5 Å². The molecule has 2 heterocycles. The van der Waals surface area contributed by atoms with Gasteiger partial charge in [-0.15, -0.1) is 0 Å². The summed E-state index contributed by atoms with van der Waals surface area (Å²) in [6.07, 6.45) is 17.9. The molecule has 3 atom stereocenters. The second-order valence-electron chi connectivity index (χ2n) is 7.10. The smallest absolute Gasteiger partial charge is 0.130 e. The zero-order valence-corrected chi connectivity index (χ0v) is 16.6. The van der Waals surface area contributed by atoms with E-state index in [4.69, 9.17) is 5.73 Å². The Morgan fingerprint density at radius 2 is 2.00 bits per heavy atom. The van der Waals surface area contributed by atoms with Crippen LogP contribution in [0, 0.1) is 0 Å². The van der Waals surface area contributed by atoms with Crippen LogP contribution in [-0.2, 0) is 18.0 Å². The number of nitrogens with two attached hydrogens (primary N) is 1. The van der Waals surface area contributed by atoms with Crippen LogP contribution in [0.15, 0.2) is 67.3 Å². The van der Waals surface area contributed by atoms with Crippen molar-refractivity contribution in [3.05, 3.63) is 84.0 Å². The number of aromatic nitrogens is 3. The number of para-hydroxylation sites is 1. The summed E-state index contributed by atoms with van der Waals surface area (Å²) < 4.78 is 16.6. The number of hydrogen-bond acceptors (Lipinski definition) is 3. The number of rotatable bonds is 5. The predicted molar refractivity (Wildman–Crippen MR) is 116 cm³/mol. The Kier molecular flexibility index (Phi) is 5.30. The summed E-state index contributed by atoms with van der Waals surface area (Å²) in [5.41, 5.74) is 9.92. The molecule has 0 amide bonds. The minimum atomic E-state index is -1.12. The summed E-state index contributed by atoms with van der Waals surface area (Å²) in [7, 11) is 0.812. The summed E-state index contributed by atoms with van der Waals surface area (Å²) in [6.45, 7) is 0. The first-order valence-electron chi connectivity index (χ1n) is 9.38. The average Bonchev–Trinajstić information content (AvgIpc) is 3.36. The molecule has 6 heteroatoms. The van der Waals surface area contributed by atoms with Crippen molar-refractivity contribution in [3.63, 3.8) is 0 Å². The van der Waals surface area contributed by atoms with Gasteiger partial charge < -0.3 is 5.73 Å². The zero-order valence-electron chi connectivity index (χ0n) is 15.8. The highest BCUT2D eigenvalue weighted by atomic mass is 32.2. The second-order valence-corrected chi connectivity index (χ2v) is 8.68. The number of anilines is 1. The first kappa shape index (κ1) is 18.5. The Bertz CT molecular complexity index is 1050. The third-order valence-electron chi connectivity index (χ3n) is 5.08. The molecule has 5 nitrogen and oxygen atoms in total. The molecule has 0 saturated carbocycles. The van der Waals surface area contributed by atoms with E-state index < -0.39 is 11.0 Å². The van der Waals surface area contributed by atoms with Crippen molar-refractivity contribution < 1.29 is 4.21 Å². The first-order valence-corrected chi connectivity index (χ1v) is 10.6. The molecule has 0 bridgehead atoms. The second kappa shape index (κ2) is 8.02. The number of aryl methyl sites for hydroxylation is 1. The lowest BCUT2D eigenvalue weighted by molar-refractivity contribution is 0.628. The average molecular weight is 393 g/mol. The molecule has 144 valence electrons. The van der Waals surface area contributed by atoms with Gasteiger partial charge in [0.15, 0.2) is 0 Å². The number of hydrogen-bond donors (Lipinski definition) is 1. The Morgan fingerprint density at radius 1 is 1.14 bits per heavy atom. The van der Waals surface area contributed by atoms with Crippen LogP contribution in [0.2, 0.25) is 0 Å². The van der Waals surface area contributed by atoms with Crippen LogP contribution in [0.3, 0.4) is 0 Å². The van der Waals surface area contributed by atoms with Crippen LogP contribution >= 0.6 is 0 Å². The molecule has 0 fully saturated rings. The van der Waals surface area contributed by atoms with Gasteiger partial charge in [-0.25, -0.2) is 4.21 Å². The van der Waals surface area contributed by atoms with E-state index in [-0.39, 0.29) is 5.25 Å². The fourth-order valence-corrected chi connectivity index (χ4v) is 4.76. The third-order valence-corrected chi connectivity index (χ3v) is 6.64. The molecule has 3 aromatic rings. The summed E-state index contributed by atoms with van der Waals surface area (Å²) >= 11 is 0. The van der Waals surface area contributed by atoms with E-state index in [9.17, 15) is 4.21 Å². The molecular formula is C22H24N4OS. The highest BCUT2D eigenvalue weighted by molar-refractivity contribution is 7.84. The highest BCUT2D eigenvalue weighted by Crippen LogP contribution is 2.29. The lowest BCUT2D eigenvalue weighted by atomic mass is 9.91. The molecule has 0 radical (unpaired) electrons. The van der Waals surface area contributed by atoms with Crippen LogP contribution in [0.5, 0.6) is 0 Å². The molecule has 0 aliphatic heterocycles. The maximum absolute atomic E-state index is 13.0. The fourth-order valence-electron chi connectivity index (χ4n) is 3.48. The van der Waals surface area contributed by atoms with Crippen LogP contribution in [0.25, 0.3) is 12.2 Å². The molecule has 1 aliphatic carbocycles.